The molecule has 0 saturated heterocycles. The standard InChI is InChI=1S/C19H20N2O6/c1-26-17-9-8-14(11-16(17)21(24)25)10-15(19(23)27-2)20-18(22)12-13-6-4-3-5-7-13/h3-9,11,15H,10,12H2,1-2H3,(H,20,22)/t15-/m0/s1. The third kappa shape index (κ3) is 5.53. The monoisotopic (exact) mass is 372 g/mol. The van der Waals surface area contributed by atoms with E-state index in [2.05, 4.69) is 5.32 Å². The third-order valence-electron chi connectivity index (χ3n) is 3.91. The van der Waals surface area contributed by atoms with E-state index >= 15 is 0 Å². The molecule has 2 rings (SSSR count). The molecule has 27 heavy (non-hydrogen) atoms. The molecule has 0 unspecified atom stereocenters. The van der Waals surface area contributed by atoms with Crippen molar-refractivity contribution in [1.29, 1.82) is 0 Å². The Morgan fingerprint density at radius 2 is 1.81 bits per heavy atom. The molecule has 0 aliphatic carbocycles. The summed E-state index contributed by atoms with van der Waals surface area (Å²) in [4.78, 5) is 34.9. The molecular weight excluding hydrogens is 352 g/mol. The number of esters is 1. The first-order valence-electron chi connectivity index (χ1n) is 8.17. The van der Waals surface area contributed by atoms with Crippen molar-refractivity contribution in [2.45, 2.75) is 18.9 Å². The molecule has 0 radical (unpaired) electrons. The molecule has 2 aromatic rings. The van der Waals surface area contributed by atoms with Gasteiger partial charge in [-0.2, -0.15) is 0 Å². The van der Waals surface area contributed by atoms with Crippen LogP contribution in [0.1, 0.15) is 11.1 Å². The lowest BCUT2D eigenvalue weighted by molar-refractivity contribution is -0.385. The maximum absolute atomic E-state index is 12.3. The molecule has 142 valence electrons. The van der Waals surface area contributed by atoms with E-state index in [0.29, 0.717) is 5.56 Å². The van der Waals surface area contributed by atoms with Crippen LogP contribution in [0.25, 0.3) is 0 Å². The number of nitrogens with one attached hydrogen (secondary N) is 1. The van der Waals surface area contributed by atoms with E-state index in [-0.39, 0.29) is 30.2 Å². The number of methoxy groups -OCH3 is 2. The number of nitrogens with zero attached hydrogens (tertiary/aromatic N) is 1. The number of benzene rings is 2. The Bertz CT molecular complexity index is 822. The molecule has 0 bridgehead atoms. The average molecular weight is 372 g/mol. The van der Waals surface area contributed by atoms with Crippen LogP contribution in [0.4, 0.5) is 5.69 Å². The van der Waals surface area contributed by atoms with Crippen LogP contribution in [0.3, 0.4) is 0 Å². The van der Waals surface area contributed by atoms with Gasteiger partial charge in [0, 0.05) is 12.5 Å². The molecule has 0 spiro atoms. The summed E-state index contributed by atoms with van der Waals surface area (Å²) in [6.07, 6.45) is 0.162. The Hall–Kier alpha value is -3.42. The highest BCUT2D eigenvalue weighted by atomic mass is 16.6. The Morgan fingerprint density at radius 1 is 1.11 bits per heavy atom. The maximum atomic E-state index is 12.3. The van der Waals surface area contributed by atoms with Crippen LogP contribution in [0, 0.1) is 10.1 Å². The zero-order valence-corrected chi connectivity index (χ0v) is 15.0. The van der Waals surface area contributed by atoms with Gasteiger partial charge in [0.25, 0.3) is 0 Å². The Balaban J connectivity index is 2.15. The fourth-order valence-corrected chi connectivity index (χ4v) is 2.60. The Labute approximate surface area is 156 Å². The van der Waals surface area contributed by atoms with Crippen LogP contribution >= 0.6 is 0 Å². The Morgan fingerprint density at radius 3 is 2.41 bits per heavy atom. The van der Waals surface area contributed by atoms with Crippen molar-refractivity contribution in [3.05, 3.63) is 69.8 Å². The molecule has 1 N–H and O–H groups in total. The lowest BCUT2D eigenvalue weighted by Crippen LogP contribution is -2.43. The number of hydrogen-bond donors (Lipinski definition) is 1. The normalized spacial score (nSPS) is 11.3. The van der Waals surface area contributed by atoms with Crippen molar-refractivity contribution in [3.8, 4) is 5.75 Å². The van der Waals surface area contributed by atoms with Crippen molar-refractivity contribution in [2.75, 3.05) is 14.2 Å². The Kier molecular flexibility index (Phi) is 6.87. The van der Waals surface area contributed by atoms with Gasteiger partial charge in [0.1, 0.15) is 6.04 Å². The van der Waals surface area contributed by atoms with Gasteiger partial charge in [-0.1, -0.05) is 36.4 Å². The minimum Gasteiger partial charge on any atom is -0.490 e. The second-order valence-corrected chi connectivity index (χ2v) is 5.77. The van der Waals surface area contributed by atoms with Gasteiger partial charge in [-0.15, -0.1) is 0 Å². The summed E-state index contributed by atoms with van der Waals surface area (Å²) in [6.45, 7) is 0. The van der Waals surface area contributed by atoms with Gasteiger partial charge in [-0.3, -0.25) is 14.9 Å². The summed E-state index contributed by atoms with van der Waals surface area (Å²) in [5.74, 6) is -0.860. The first-order valence-corrected chi connectivity index (χ1v) is 8.17. The van der Waals surface area contributed by atoms with E-state index in [1.807, 2.05) is 18.2 Å². The molecule has 0 aliphatic heterocycles. The van der Waals surface area contributed by atoms with Crippen molar-refractivity contribution in [1.82, 2.24) is 5.32 Å². The SMILES string of the molecule is COC(=O)[C@H](Cc1ccc(OC)c([N+](=O)[O-])c1)NC(=O)Cc1ccccc1. The third-order valence-corrected chi connectivity index (χ3v) is 3.91. The molecule has 0 aromatic heterocycles. The number of nitro benzene ring substituents is 1. The number of nitro groups is 1. The van der Waals surface area contributed by atoms with Gasteiger partial charge in [-0.05, 0) is 17.2 Å². The summed E-state index contributed by atoms with van der Waals surface area (Å²) in [6, 6.07) is 12.5. The smallest absolute Gasteiger partial charge is 0.328 e. The van der Waals surface area contributed by atoms with Gasteiger partial charge in [0.05, 0.1) is 25.6 Å². The van der Waals surface area contributed by atoms with Crippen molar-refractivity contribution in [3.63, 3.8) is 0 Å². The lowest BCUT2D eigenvalue weighted by Gasteiger charge is -2.17. The number of carbonyl (C=O) groups excluding carboxylic acids is 2. The zero-order chi connectivity index (χ0) is 19.8. The molecular formula is C19H20N2O6. The zero-order valence-electron chi connectivity index (χ0n) is 15.0. The van der Waals surface area contributed by atoms with E-state index in [1.165, 1.54) is 26.4 Å². The van der Waals surface area contributed by atoms with E-state index in [9.17, 15) is 19.7 Å². The first-order chi connectivity index (χ1) is 12.9. The predicted octanol–water partition coefficient (Wildman–Crippen LogP) is 2.05. The van der Waals surface area contributed by atoms with Crippen LogP contribution in [-0.2, 0) is 27.2 Å². The van der Waals surface area contributed by atoms with E-state index in [4.69, 9.17) is 9.47 Å². The summed E-state index contributed by atoms with van der Waals surface area (Å²) < 4.78 is 9.71. The first kappa shape index (κ1) is 19.9. The maximum Gasteiger partial charge on any atom is 0.328 e. The molecule has 0 aliphatic rings. The highest BCUT2D eigenvalue weighted by molar-refractivity contribution is 5.85. The van der Waals surface area contributed by atoms with Crippen molar-refractivity contribution in [2.24, 2.45) is 0 Å². The van der Waals surface area contributed by atoms with Gasteiger partial charge >= 0.3 is 11.7 Å². The summed E-state index contributed by atoms with van der Waals surface area (Å²) >= 11 is 0. The summed E-state index contributed by atoms with van der Waals surface area (Å²) in [5, 5.41) is 13.8. The van der Waals surface area contributed by atoms with Gasteiger partial charge < -0.3 is 14.8 Å². The molecule has 1 amide bonds. The van der Waals surface area contributed by atoms with Crippen LogP contribution in [0.15, 0.2) is 48.5 Å². The molecule has 8 heteroatoms. The van der Waals surface area contributed by atoms with E-state index in [0.717, 1.165) is 5.56 Å². The minimum atomic E-state index is -0.959. The number of ether oxygens (including phenoxy) is 2. The molecule has 0 fully saturated rings. The predicted molar refractivity (Wildman–Crippen MR) is 97.4 cm³/mol. The fourth-order valence-electron chi connectivity index (χ4n) is 2.60. The van der Waals surface area contributed by atoms with Gasteiger partial charge in [0.2, 0.25) is 5.91 Å². The fraction of sp³-hybridized carbons (Fsp3) is 0.263. The lowest BCUT2D eigenvalue weighted by atomic mass is 10.0. The van der Waals surface area contributed by atoms with Crippen molar-refractivity contribution < 1.29 is 24.0 Å². The molecule has 8 nitrogen and oxygen atoms in total. The highest BCUT2D eigenvalue weighted by Crippen LogP contribution is 2.28. The second-order valence-electron chi connectivity index (χ2n) is 5.77. The second kappa shape index (κ2) is 9.33. The highest BCUT2D eigenvalue weighted by Gasteiger charge is 2.24. The number of amides is 1. The quantitative estimate of drug-likeness (QED) is 0.432. The minimum absolute atomic E-state index is 0.0536. The number of rotatable bonds is 8. The van der Waals surface area contributed by atoms with E-state index in [1.54, 1.807) is 18.2 Å². The largest absolute Gasteiger partial charge is 0.490 e. The molecule has 0 heterocycles. The van der Waals surface area contributed by atoms with Crippen LogP contribution in [0.2, 0.25) is 0 Å². The summed E-state index contributed by atoms with van der Waals surface area (Å²) in [5.41, 5.74) is 1.09. The van der Waals surface area contributed by atoms with Crippen LogP contribution in [0.5, 0.6) is 5.75 Å². The van der Waals surface area contributed by atoms with Crippen LogP contribution in [-0.4, -0.2) is 37.1 Å². The van der Waals surface area contributed by atoms with Gasteiger partial charge in [0.15, 0.2) is 5.75 Å². The van der Waals surface area contributed by atoms with Crippen molar-refractivity contribution >= 4 is 17.6 Å². The van der Waals surface area contributed by atoms with Crippen LogP contribution < -0.4 is 10.1 Å². The molecule has 2 aromatic carbocycles. The molecule has 0 saturated carbocycles. The van der Waals surface area contributed by atoms with E-state index < -0.39 is 16.9 Å². The summed E-state index contributed by atoms with van der Waals surface area (Å²) in [7, 11) is 2.55. The number of carbonyl (C=O) groups is 2. The van der Waals surface area contributed by atoms with Gasteiger partial charge in [-0.25, -0.2) is 4.79 Å². The average Bonchev–Trinajstić information content (AvgIpc) is 2.67. The topological polar surface area (TPSA) is 108 Å². The molecule has 1 atom stereocenters. The number of hydrogen-bond acceptors (Lipinski definition) is 6.